The number of benzene rings is 1. The molecule has 1 amide bonds. The number of fused-ring (bicyclic) bond motifs is 1. The van der Waals surface area contributed by atoms with Gasteiger partial charge in [-0.05, 0) is 36.1 Å². The highest BCUT2D eigenvalue weighted by Crippen LogP contribution is 2.38. The number of thiazole rings is 1. The standard InChI is InChI=1S/C19H20F3N3O5S2/c1-18(2)9-13-16(14(26)10-18)31-17(24-13)25-15(27)7-8-23-32(28,29)12-5-3-11(4-6-12)30-19(20,21)22/h3-6,23H,7-10H2,1-2H3,(H,24,25,27). The molecule has 0 radical (unpaired) electrons. The average molecular weight is 492 g/mol. The third-order valence-corrected chi connectivity index (χ3v) is 7.02. The van der Waals surface area contributed by atoms with Crippen molar-refractivity contribution in [1.82, 2.24) is 9.71 Å². The number of nitrogens with zero attached hydrogens (tertiary/aromatic N) is 1. The molecule has 32 heavy (non-hydrogen) atoms. The summed E-state index contributed by atoms with van der Waals surface area (Å²) in [5.41, 5.74) is 0.444. The second kappa shape index (κ2) is 8.79. The van der Waals surface area contributed by atoms with Crippen molar-refractivity contribution in [3.63, 3.8) is 0 Å². The third kappa shape index (κ3) is 6.26. The predicted octanol–water partition coefficient (Wildman–Crippen LogP) is 3.50. The number of hydrogen-bond donors (Lipinski definition) is 2. The van der Waals surface area contributed by atoms with E-state index < -0.39 is 28.0 Å². The highest BCUT2D eigenvalue weighted by atomic mass is 32.2. The van der Waals surface area contributed by atoms with Crippen LogP contribution in [-0.4, -0.2) is 38.0 Å². The Morgan fingerprint density at radius 3 is 2.50 bits per heavy atom. The Labute approximate surface area is 186 Å². The number of ketones is 1. The minimum atomic E-state index is -4.88. The molecule has 0 spiro atoms. The summed E-state index contributed by atoms with van der Waals surface area (Å²) < 4.78 is 66.9. The van der Waals surface area contributed by atoms with Gasteiger partial charge < -0.3 is 10.1 Å². The first-order valence-corrected chi connectivity index (χ1v) is 11.7. The minimum Gasteiger partial charge on any atom is -0.406 e. The zero-order chi connectivity index (χ0) is 23.7. The molecule has 0 aliphatic heterocycles. The largest absolute Gasteiger partial charge is 0.573 e. The fraction of sp³-hybridized carbons (Fsp3) is 0.421. The zero-order valence-corrected chi connectivity index (χ0v) is 18.7. The lowest BCUT2D eigenvalue weighted by molar-refractivity contribution is -0.274. The summed E-state index contributed by atoms with van der Waals surface area (Å²) in [6, 6.07) is 3.67. The summed E-state index contributed by atoms with van der Waals surface area (Å²) in [6.07, 6.45) is -4.07. The molecule has 0 fully saturated rings. The number of alkyl halides is 3. The van der Waals surface area contributed by atoms with E-state index in [0.29, 0.717) is 23.4 Å². The maximum atomic E-state index is 12.2. The van der Waals surface area contributed by atoms with Gasteiger partial charge in [0.05, 0.1) is 15.5 Å². The molecule has 1 aromatic heterocycles. The van der Waals surface area contributed by atoms with Gasteiger partial charge in [0.2, 0.25) is 15.9 Å². The van der Waals surface area contributed by atoms with Gasteiger partial charge in [-0.1, -0.05) is 25.2 Å². The number of hydrogen-bond acceptors (Lipinski definition) is 7. The maximum absolute atomic E-state index is 12.2. The van der Waals surface area contributed by atoms with Gasteiger partial charge in [-0.25, -0.2) is 18.1 Å². The number of sulfonamides is 1. The Bertz CT molecular complexity index is 1130. The van der Waals surface area contributed by atoms with E-state index in [-0.39, 0.29) is 34.2 Å². The number of anilines is 1. The molecular formula is C19H20F3N3O5S2. The third-order valence-electron chi connectivity index (χ3n) is 4.49. The van der Waals surface area contributed by atoms with Crippen molar-refractivity contribution in [3.8, 4) is 5.75 Å². The lowest BCUT2D eigenvalue weighted by atomic mass is 9.78. The SMILES string of the molecule is CC1(C)CC(=O)c2sc(NC(=O)CCNS(=O)(=O)c3ccc(OC(F)(F)F)cc3)nc2C1. The first-order chi connectivity index (χ1) is 14.7. The Hall–Kier alpha value is -2.51. The van der Waals surface area contributed by atoms with Gasteiger partial charge in [-0.15, -0.1) is 13.2 Å². The van der Waals surface area contributed by atoms with Crippen molar-refractivity contribution < 1.29 is 35.9 Å². The van der Waals surface area contributed by atoms with Crippen molar-refractivity contribution in [2.45, 2.75) is 44.4 Å². The first kappa shape index (κ1) is 24.1. The predicted molar refractivity (Wildman–Crippen MR) is 110 cm³/mol. The smallest absolute Gasteiger partial charge is 0.406 e. The molecule has 2 aromatic rings. The lowest BCUT2D eigenvalue weighted by Crippen LogP contribution is -2.28. The highest BCUT2D eigenvalue weighted by Gasteiger charge is 2.34. The molecule has 174 valence electrons. The van der Waals surface area contributed by atoms with Crippen LogP contribution < -0.4 is 14.8 Å². The molecule has 1 aliphatic carbocycles. The van der Waals surface area contributed by atoms with Crippen LogP contribution in [0.3, 0.4) is 0 Å². The van der Waals surface area contributed by atoms with Crippen molar-refractivity contribution in [1.29, 1.82) is 0 Å². The van der Waals surface area contributed by atoms with Gasteiger partial charge in [0.25, 0.3) is 0 Å². The second-order valence-electron chi connectivity index (χ2n) is 7.95. The number of ether oxygens (including phenoxy) is 1. The van der Waals surface area contributed by atoms with E-state index in [2.05, 4.69) is 19.8 Å². The van der Waals surface area contributed by atoms with Gasteiger partial charge in [0.1, 0.15) is 5.75 Å². The van der Waals surface area contributed by atoms with Crippen molar-refractivity contribution in [2.75, 3.05) is 11.9 Å². The van der Waals surface area contributed by atoms with E-state index in [1.807, 2.05) is 13.8 Å². The van der Waals surface area contributed by atoms with E-state index >= 15 is 0 Å². The van der Waals surface area contributed by atoms with Crippen LogP contribution in [-0.2, 0) is 21.2 Å². The number of rotatable bonds is 7. The molecule has 0 unspecified atom stereocenters. The Morgan fingerprint density at radius 2 is 1.88 bits per heavy atom. The van der Waals surface area contributed by atoms with Crippen LogP contribution in [0.2, 0.25) is 0 Å². The average Bonchev–Trinajstić information content (AvgIpc) is 3.01. The van der Waals surface area contributed by atoms with Gasteiger partial charge in [0, 0.05) is 19.4 Å². The molecule has 0 bridgehead atoms. The summed E-state index contributed by atoms with van der Waals surface area (Å²) >= 11 is 1.09. The maximum Gasteiger partial charge on any atom is 0.573 e. The Morgan fingerprint density at radius 1 is 1.22 bits per heavy atom. The molecule has 8 nitrogen and oxygen atoms in total. The number of Topliss-reactive ketones (excluding diaryl/α,β-unsaturated/α-hetero) is 1. The summed E-state index contributed by atoms with van der Waals surface area (Å²) in [7, 11) is -4.04. The molecule has 0 saturated carbocycles. The topological polar surface area (TPSA) is 114 Å². The summed E-state index contributed by atoms with van der Waals surface area (Å²) in [4.78, 5) is 28.9. The molecule has 1 aliphatic rings. The van der Waals surface area contributed by atoms with Crippen LogP contribution >= 0.6 is 11.3 Å². The molecule has 0 atom stereocenters. The number of carbonyl (C=O) groups excluding carboxylic acids is 2. The number of aromatic nitrogens is 1. The number of nitrogens with one attached hydrogen (secondary N) is 2. The number of carbonyl (C=O) groups is 2. The normalized spacial score (nSPS) is 15.8. The minimum absolute atomic E-state index is 0.0198. The summed E-state index contributed by atoms with van der Waals surface area (Å²) in [6.45, 7) is 3.69. The van der Waals surface area contributed by atoms with Gasteiger partial charge in [-0.3, -0.25) is 9.59 Å². The van der Waals surface area contributed by atoms with Crippen molar-refractivity contribution in [2.24, 2.45) is 5.41 Å². The van der Waals surface area contributed by atoms with Crippen LogP contribution in [0.5, 0.6) is 5.75 Å². The molecule has 0 saturated heterocycles. The van der Waals surface area contributed by atoms with Crippen molar-refractivity contribution >= 4 is 38.2 Å². The zero-order valence-electron chi connectivity index (χ0n) is 17.1. The summed E-state index contributed by atoms with van der Waals surface area (Å²) in [5.74, 6) is -1.07. The van der Waals surface area contributed by atoms with Crippen LogP contribution in [0.1, 0.15) is 42.1 Å². The quantitative estimate of drug-likeness (QED) is 0.613. The lowest BCUT2D eigenvalue weighted by Gasteiger charge is -2.26. The molecule has 1 heterocycles. The fourth-order valence-corrected chi connectivity index (χ4v) is 5.13. The van der Waals surface area contributed by atoms with E-state index in [1.165, 1.54) is 0 Å². The molecule has 1 aromatic carbocycles. The fourth-order valence-electron chi connectivity index (χ4n) is 3.16. The number of amides is 1. The van der Waals surface area contributed by atoms with E-state index in [1.54, 1.807) is 0 Å². The Balaban J connectivity index is 1.53. The summed E-state index contributed by atoms with van der Waals surface area (Å²) in [5, 5.41) is 2.83. The van der Waals surface area contributed by atoms with Crippen molar-refractivity contribution in [3.05, 3.63) is 34.8 Å². The Kier molecular flexibility index (Phi) is 6.63. The number of halogens is 3. The second-order valence-corrected chi connectivity index (χ2v) is 10.7. The first-order valence-electron chi connectivity index (χ1n) is 9.42. The highest BCUT2D eigenvalue weighted by molar-refractivity contribution is 7.89. The van der Waals surface area contributed by atoms with Gasteiger partial charge in [-0.2, -0.15) is 0 Å². The van der Waals surface area contributed by atoms with Crippen LogP contribution in [0.15, 0.2) is 29.2 Å². The van der Waals surface area contributed by atoms with E-state index in [0.717, 1.165) is 35.6 Å². The molecular weight excluding hydrogens is 471 g/mol. The molecule has 13 heteroatoms. The van der Waals surface area contributed by atoms with Gasteiger partial charge >= 0.3 is 6.36 Å². The van der Waals surface area contributed by atoms with Crippen LogP contribution in [0, 0.1) is 5.41 Å². The van der Waals surface area contributed by atoms with E-state index in [4.69, 9.17) is 0 Å². The molecule has 3 rings (SSSR count). The van der Waals surface area contributed by atoms with Crippen LogP contribution in [0.25, 0.3) is 0 Å². The van der Waals surface area contributed by atoms with E-state index in [9.17, 15) is 31.2 Å². The molecule has 2 N–H and O–H groups in total. The monoisotopic (exact) mass is 491 g/mol. The van der Waals surface area contributed by atoms with Gasteiger partial charge in [0.15, 0.2) is 10.9 Å². The van der Waals surface area contributed by atoms with Crippen LogP contribution in [0.4, 0.5) is 18.3 Å².